The molecule has 0 aromatic heterocycles. The smallest absolute Gasteiger partial charge is 0.426 e. The van der Waals surface area contributed by atoms with Crippen molar-refractivity contribution in [1.29, 1.82) is 5.26 Å². The minimum absolute atomic E-state index is 0.000985. The highest BCUT2D eigenvalue weighted by atomic mass is 16.4. The topological polar surface area (TPSA) is 104 Å². The molecule has 1 aliphatic rings. The molecule has 1 N–H and O–H groups in total. The number of benzene rings is 1. The maximum absolute atomic E-state index is 12.9. The maximum atomic E-state index is 12.9. The van der Waals surface area contributed by atoms with Crippen LogP contribution in [0.5, 0.6) is 0 Å². The molecule has 1 aromatic carbocycles. The van der Waals surface area contributed by atoms with Crippen LogP contribution in [0.3, 0.4) is 0 Å². The number of carbonyl (C=O) groups excluding carboxylic acids is 2. The molecule has 7 heteroatoms. The number of quaternary nitrogens is 1. The number of hydrogen-bond donors (Lipinski definition) is 1. The van der Waals surface area contributed by atoms with Crippen LogP contribution in [0.1, 0.15) is 37.7 Å². The third-order valence-corrected chi connectivity index (χ3v) is 4.87. The lowest BCUT2D eigenvalue weighted by Crippen LogP contribution is -2.60. The second-order valence-electron chi connectivity index (χ2n) is 6.69. The molecule has 1 aromatic rings. The van der Waals surface area contributed by atoms with Crippen molar-refractivity contribution in [3.05, 3.63) is 35.9 Å². The first-order valence-electron chi connectivity index (χ1n) is 8.96. The van der Waals surface area contributed by atoms with Crippen LogP contribution in [0.2, 0.25) is 0 Å². The lowest BCUT2D eigenvalue weighted by Gasteiger charge is -2.30. The van der Waals surface area contributed by atoms with Crippen molar-refractivity contribution >= 4 is 12.1 Å². The van der Waals surface area contributed by atoms with E-state index in [0.29, 0.717) is 19.4 Å². The number of imide groups is 1. The summed E-state index contributed by atoms with van der Waals surface area (Å²) < 4.78 is -0.816. The predicted octanol–water partition coefficient (Wildman–Crippen LogP) is 1.62. The van der Waals surface area contributed by atoms with Gasteiger partial charge in [0.25, 0.3) is 6.09 Å². The Morgan fingerprint density at radius 3 is 2.58 bits per heavy atom. The summed E-state index contributed by atoms with van der Waals surface area (Å²) >= 11 is 0. The Balaban J connectivity index is 2.07. The first-order valence-corrected chi connectivity index (χ1v) is 8.96. The van der Waals surface area contributed by atoms with Crippen LogP contribution in [0.25, 0.3) is 0 Å². The molecule has 1 aliphatic heterocycles. The first kappa shape index (κ1) is 19.9. The van der Waals surface area contributed by atoms with Gasteiger partial charge in [-0.15, -0.1) is 0 Å². The number of urea groups is 1. The van der Waals surface area contributed by atoms with Gasteiger partial charge in [0.15, 0.2) is 0 Å². The highest BCUT2D eigenvalue weighted by Gasteiger charge is 2.53. The minimum Gasteiger partial charge on any atom is -0.498 e. The monoisotopic (exact) mass is 359 g/mol. The molecule has 0 spiro atoms. The fraction of sp³-hybridized carbons (Fsp3) is 0.526. The molecule has 140 valence electrons. The quantitative estimate of drug-likeness (QED) is 0.533. The van der Waals surface area contributed by atoms with E-state index >= 15 is 0 Å². The van der Waals surface area contributed by atoms with Gasteiger partial charge in [-0.1, -0.05) is 43.2 Å². The number of aliphatic hydroxyl groups excluding tert-OH is 1. The average Bonchev–Trinajstić information content (AvgIpc) is 2.92. The molecule has 2 rings (SSSR count). The Kier molecular flexibility index (Phi) is 7.13. The SMILES string of the molecule is N#CCCCCCCN1C(=O)[N+](Cc2ccccc2)(C(=O)[O-])C[C@@H]1CO. The van der Waals surface area contributed by atoms with E-state index < -0.39 is 22.6 Å². The van der Waals surface area contributed by atoms with Gasteiger partial charge in [0.2, 0.25) is 0 Å². The molecule has 1 fully saturated rings. The van der Waals surface area contributed by atoms with Crippen LogP contribution in [0.15, 0.2) is 30.3 Å². The highest BCUT2D eigenvalue weighted by Crippen LogP contribution is 2.28. The van der Waals surface area contributed by atoms with Gasteiger partial charge < -0.3 is 15.0 Å². The third kappa shape index (κ3) is 4.40. The summed E-state index contributed by atoms with van der Waals surface area (Å²) in [6.07, 6.45) is 2.36. The molecule has 1 saturated heterocycles. The second-order valence-corrected chi connectivity index (χ2v) is 6.69. The summed E-state index contributed by atoms with van der Waals surface area (Å²) in [5, 5.41) is 30.1. The number of amides is 3. The largest absolute Gasteiger partial charge is 0.498 e. The zero-order valence-corrected chi connectivity index (χ0v) is 14.8. The van der Waals surface area contributed by atoms with Gasteiger partial charge in [0.05, 0.1) is 12.7 Å². The summed E-state index contributed by atoms with van der Waals surface area (Å²) in [6.45, 7) is 0.138. The van der Waals surface area contributed by atoms with Gasteiger partial charge in [-0.05, 0) is 12.8 Å². The van der Waals surface area contributed by atoms with Gasteiger partial charge in [0.1, 0.15) is 19.1 Å². The van der Waals surface area contributed by atoms with Crippen LogP contribution in [0, 0.1) is 11.3 Å². The number of carbonyl (C=O) groups is 2. The molecule has 0 bridgehead atoms. The molecule has 2 atom stereocenters. The number of aliphatic hydroxyl groups is 1. The summed E-state index contributed by atoms with van der Waals surface area (Å²) in [7, 11) is 0. The molecule has 0 aliphatic carbocycles. The fourth-order valence-corrected chi connectivity index (χ4v) is 3.46. The van der Waals surface area contributed by atoms with Crippen LogP contribution in [-0.4, -0.2) is 52.4 Å². The van der Waals surface area contributed by atoms with Gasteiger partial charge >= 0.3 is 6.03 Å². The summed E-state index contributed by atoms with van der Waals surface area (Å²) in [4.78, 5) is 26.3. The minimum atomic E-state index is -1.44. The molecule has 1 heterocycles. The average molecular weight is 359 g/mol. The van der Waals surface area contributed by atoms with E-state index in [0.717, 1.165) is 24.8 Å². The number of rotatable bonds is 9. The third-order valence-electron chi connectivity index (χ3n) is 4.87. The number of hydrogen-bond acceptors (Lipinski definition) is 5. The number of nitrogens with zero attached hydrogens (tertiary/aromatic N) is 3. The normalized spacial score (nSPS) is 22.4. The highest BCUT2D eigenvalue weighted by molar-refractivity contribution is 5.80. The lowest BCUT2D eigenvalue weighted by molar-refractivity contribution is -0.806. The second kappa shape index (κ2) is 9.32. The number of carboxylic acid groups (broad SMARTS) is 1. The van der Waals surface area contributed by atoms with Crippen LogP contribution in [-0.2, 0) is 6.54 Å². The predicted molar refractivity (Wildman–Crippen MR) is 92.3 cm³/mol. The Hall–Kier alpha value is -2.43. The van der Waals surface area contributed by atoms with Crippen molar-refractivity contribution in [1.82, 2.24) is 4.90 Å². The van der Waals surface area contributed by atoms with E-state index in [4.69, 9.17) is 5.26 Å². The number of unbranched alkanes of at least 4 members (excludes halogenated alkanes) is 4. The molecule has 1 unspecified atom stereocenters. The van der Waals surface area contributed by atoms with Crippen molar-refractivity contribution in [3.8, 4) is 6.07 Å². The fourth-order valence-electron chi connectivity index (χ4n) is 3.46. The maximum Gasteiger partial charge on any atom is 0.426 e. The molecule has 7 nitrogen and oxygen atoms in total. The first-order chi connectivity index (χ1) is 12.5. The van der Waals surface area contributed by atoms with Crippen LogP contribution in [0.4, 0.5) is 9.59 Å². The molecule has 26 heavy (non-hydrogen) atoms. The van der Waals surface area contributed by atoms with E-state index in [1.807, 2.05) is 6.07 Å². The van der Waals surface area contributed by atoms with E-state index in [1.165, 1.54) is 4.90 Å². The number of nitriles is 1. The van der Waals surface area contributed by atoms with E-state index in [1.54, 1.807) is 24.3 Å². The Morgan fingerprint density at radius 1 is 1.27 bits per heavy atom. The van der Waals surface area contributed by atoms with Crippen molar-refractivity contribution in [3.63, 3.8) is 0 Å². The molecular formula is C19H25N3O4. The van der Waals surface area contributed by atoms with E-state index in [2.05, 4.69) is 6.07 Å². The zero-order chi connectivity index (χ0) is 19.0. The van der Waals surface area contributed by atoms with E-state index in [9.17, 15) is 19.8 Å². The van der Waals surface area contributed by atoms with E-state index in [-0.39, 0.29) is 19.7 Å². The Morgan fingerprint density at radius 2 is 1.96 bits per heavy atom. The van der Waals surface area contributed by atoms with Gasteiger partial charge in [-0.2, -0.15) is 9.74 Å². The van der Waals surface area contributed by atoms with Crippen molar-refractivity contribution < 1.29 is 24.3 Å². The Bertz CT molecular complexity index is 658. The van der Waals surface area contributed by atoms with Crippen LogP contribution >= 0.6 is 0 Å². The summed E-state index contributed by atoms with van der Waals surface area (Å²) in [6, 6.07) is 10.0. The molecule has 3 amide bonds. The summed E-state index contributed by atoms with van der Waals surface area (Å²) in [5.41, 5.74) is 0.736. The van der Waals surface area contributed by atoms with Crippen molar-refractivity contribution in [2.75, 3.05) is 19.7 Å². The Labute approximate surface area is 153 Å². The molecular weight excluding hydrogens is 334 g/mol. The van der Waals surface area contributed by atoms with Crippen molar-refractivity contribution in [2.24, 2.45) is 0 Å². The molecule has 0 saturated carbocycles. The zero-order valence-electron chi connectivity index (χ0n) is 14.8. The van der Waals surface area contributed by atoms with Gasteiger partial charge in [-0.3, -0.25) is 4.90 Å². The van der Waals surface area contributed by atoms with Crippen LogP contribution < -0.4 is 5.11 Å². The summed E-state index contributed by atoms with van der Waals surface area (Å²) in [5.74, 6) is 0. The molecule has 0 radical (unpaired) electrons. The standard InChI is InChI=1S/C19H25N3O4/c20-11-7-2-1-3-8-12-21-17(15-23)14-22(18(21)24,19(25)26)13-16-9-5-4-6-10-16/h4-6,9-10,17,23H,1-3,7-8,12-15H2/t17-,22?/m1/s1. The van der Waals surface area contributed by atoms with Crippen molar-refractivity contribution in [2.45, 2.75) is 44.7 Å². The lowest BCUT2D eigenvalue weighted by atomic mass is 10.1. The van der Waals surface area contributed by atoms with Gasteiger partial charge in [-0.25, -0.2) is 4.79 Å². The van der Waals surface area contributed by atoms with Gasteiger partial charge in [0, 0.05) is 18.5 Å².